The molecule has 2 heteroatoms. The average Bonchev–Trinajstić information content (AvgIpc) is 2.93. The number of carbonyl (C=O) groups excluding carboxylic acids is 1. The molecule has 1 heterocycles. The summed E-state index contributed by atoms with van der Waals surface area (Å²) in [5.74, 6) is -0.315. The summed E-state index contributed by atoms with van der Waals surface area (Å²) >= 11 is 0. The number of benzene rings is 5. The highest BCUT2D eigenvalue weighted by Gasteiger charge is 2.32. The maximum Gasteiger partial charge on any atom is 0.339 e. The second-order valence-electron chi connectivity index (χ2n) is 8.58. The van der Waals surface area contributed by atoms with E-state index in [0.717, 1.165) is 44.2 Å². The lowest BCUT2D eigenvalue weighted by Gasteiger charge is -2.27. The summed E-state index contributed by atoms with van der Waals surface area (Å²) in [4.78, 5) is 13.0. The first-order chi connectivity index (χ1) is 17.3. The molecular weight excluding hydrogens is 428 g/mol. The molecule has 0 saturated carbocycles. The van der Waals surface area contributed by atoms with E-state index in [9.17, 15) is 4.79 Å². The summed E-state index contributed by atoms with van der Waals surface area (Å²) < 4.78 is 6.08. The van der Waals surface area contributed by atoms with Gasteiger partial charge < -0.3 is 4.74 Å². The van der Waals surface area contributed by atoms with Crippen molar-refractivity contribution in [3.05, 3.63) is 161 Å². The van der Waals surface area contributed by atoms with Gasteiger partial charge in [-0.3, -0.25) is 0 Å². The highest BCUT2D eigenvalue weighted by Crippen LogP contribution is 2.41. The Morgan fingerprint density at radius 2 is 1.17 bits per heavy atom. The average molecular weight is 451 g/mol. The van der Waals surface area contributed by atoms with E-state index in [1.165, 1.54) is 0 Å². The summed E-state index contributed by atoms with van der Waals surface area (Å²) in [5, 5.41) is 2.25. The van der Waals surface area contributed by atoms with Crippen LogP contribution >= 0.6 is 0 Å². The molecule has 1 atom stereocenters. The molecule has 166 valence electrons. The number of ether oxygens (including phenoxy) is 1. The van der Waals surface area contributed by atoms with Crippen molar-refractivity contribution < 1.29 is 9.53 Å². The van der Waals surface area contributed by atoms with E-state index in [1.54, 1.807) is 0 Å². The smallest absolute Gasteiger partial charge is 0.339 e. The van der Waals surface area contributed by atoms with Gasteiger partial charge in [0.1, 0.15) is 0 Å². The Labute approximate surface area is 204 Å². The molecule has 1 unspecified atom stereocenters. The lowest BCUT2D eigenvalue weighted by molar-refractivity contribution is 0.0388. The lowest BCUT2D eigenvalue weighted by Crippen LogP contribution is -2.20. The maximum absolute atomic E-state index is 13.0. The topological polar surface area (TPSA) is 26.3 Å². The van der Waals surface area contributed by atoms with Gasteiger partial charge in [-0.25, -0.2) is 4.79 Å². The van der Waals surface area contributed by atoms with Crippen molar-refractivity contribution >= 4 is 27.9 Å². The Morgan fingerprint density at radius 3 is 1.86 bits per heavy atom. The van der Waals surface area contributed by atoms with Gasteiger partial charge in [-0.15, -0.1) is 5.73 Å². The van der Waals surface area contributed by atoms with Gasteiger partial charge in [0.25, 0.3) is 0 Å². The van der Waals surface area contributed by atoms with Crippen molar-refractivity contribution in [2.45, 2.75) is 6.10 Å². The standard InChI is InChI=1S/C33H22O2/c34-33-29-18-10-9-17-28(29)31(32(35-33)27-20-19-23-11-7-8-16-26(23)21-27)22-30(24-12-3-1-4-13-24)25-14-5-2-6-15-25/h1-21,32H. The molecule has 0 fully saturated rings. The Hall–Kier alpha value is -4.65. The Kier molecular flexibility index (Phi) is 5.35. The van der Waals surface area contributed by atoms with Crippen molar-refractivity contribution in [3.63, 3.8) is 0 Å². The summed E-state index contributed by atoms with van der Waals surface area (Å²) in [6.45, 7) is 0. The molecule has 6 rings (SSSR count). The highest BCUT2D eigenvalue weighted by atomic mass is 16.5. The molecule has 0 radical (unpaired) electrons. The molecule has 0 aromatic heterocycles. The lowest BCUT2D eigenvalue weighted by atomic mass is 9.87. The molecule has 0 amide bonds. The zero-order valence-electron chi connectivity index (χ0n) is 19.0. The van der Waals surface area contributed by atoms with Crippen LogP contribution in [0.4, 0.5) is 0 Å². The Bertz CT molecular complexity index is 1570. The van der Waals surface area contributed by atoms with Gasteiger partial charge in [-0.2, -0.15) is 0 Å². The Morgan fingerprint density at radius 1 is 0.600 bits per heavy atom. The SMILES string of the molecule is O=C1OC(c2ccc3ccccc3c2)C(=C=C(c2ccccc2)c2ccccc2)c2ccccc21. The summed E-state index contributed by atoms with van der Waals surface area (Å²) in [6, 6.07) is 42.5. The predicted octanol–water partition coefficient (Wildman–Crippen LogP) is 7.87. The molecule has 0 bridgehead atoms. The van der Waals surface area contributed by atoms with Gasteiger partial charge in [0, 0.05) is 16.7 Å². The highest BCUT2D eigenvalue weighted by molar-refractivity contribution is 6.01. The van der Waals surface area contributed by atoms with E-state index < -0.39 is 6.10 Å². The minimum Gasteiger partial charge on any atom is -0.448 e. The number of cyclic esters (lactones) is 1. The number of esters is 1. The third-order valence-electron chi connectivity index (χ3n) is 6.39. The van der Waals surface area contributed by atoms with Gasteiger partial charge in [0.05, 0.1) is 5.56 Å². The first kappa shape index (κ1) is 20.9. The fourth-order valence-electron chi connectivity index (χ4n) is 4.66. The molecule has 35 heavy (non-hydrogen) atoms. The summed E-state index contributed by atoms with van der Waals surface area (Å²) in [7, 11) is 0. The van der Waals surface area contributed by atoms with E-state index in [1.807, 2.05) is 78.9 Å². The normalized spacial score (nSPS) is 14.7. The zero-order valence-corrected chi connectivity index (χ0v) is 19.0. The summed E-state index contributed by atoms with van der Waals surface area (Å²) in [6.07, 6.45) is -0.565. The molecule has 1 aliphatic rings. The first-order valence-electron chi connectivity index (χ1n) is 11.7. The fraction of sp³-hybridized carbons (Fsp3) is 0.0303. The van der Waals surface area contributed by atoms with Crippen molar-refractivity contribution in [1.82, 2.24) is 0 Å². The molecule has 5 aromatic rings. The second-order valence-corrected chi connectivity index (χ2v) is 8.58. The molecule has 2 nitrogen and oxygen atoms in total. The molecule has 0 aliphatic carbocycles. The van der Waals surface area contributed by atoms with Crippen LogP contribution in [0.5, 0.6) is 0 Å². The van der Waals surface area contributed by atoms with Gasteiger partial charge in [-0.1, -0.05) is 115 Å². The fourth-order valence-corrected chi connectivity index (χ4v) is 4.66. The van der Waals surface area contributed by atoms with Crippen LogP contribution in [0.15, 0.2) is 133 Å². The van der Waals surface area contributed by atoms with Crippen LogP contribution in [0.2, 0.25) is 0 Å². The van der Waals surface area contributed by atoms with Crippen molar-refractivity contribution in [1.29, 1.82) is 0 Å². The number of rotatable bonds is 3. The van der Waals surface area contributed by atoms with E-state index in [4.69, 9.17) is 4.74 Å². The van der Waals surface area contributed by atoms with Crippen LogP contribution in [0.3, 0.4) is 0 Å². The van der Waals surface area contributed by atoms with Gasteiger partial charge >= 0.3 is 5.97 Å². The van der Waals surface area contributed by atoms with Gasteiger partial charge in [-0.05, 0) is 39.6 Å². The van der Waals surface area contributed by atoms with Crippen molar-refractivity contribution in [3.8, 4) is 0 Å². The van der Waals surface area contributed by atoms with Gasteiger partial charge in [0.2, 0.25) is 0 Å². The van der Waals surface area contributed by atoms with Crippen LogP contribution in [-0.4, -0.2) is 5.97 Å². The molecule has 1 aliphatic heterocycles. The minimum atomic E-state index is -0.565. The Balaban J connectivity index is 1.66. The molecule has 0 spiro atoms. The van der Waals surface area contributed by atoms with Crippen LogP contribution in [-0.2, 0) is 4.74 Å². The maximum atomic E-state index is 13.0. The van der Waals surface area contributed by atoms with E-state index in [0.29, 0.717) is 5.56 Å². The molecule has 0 N–H and O–H groups in total. The number of hydrogen-bond donors (Lipinski definition) is 0. The first-order valence-corrected chi connectivity index (χ1v) is 11.7. The van der Waals surface area contributed by atoms with Crippen LogP contribution in [0, 0.1) is 0 Å². The predicted molar refractivity (Wildman–Crippen MR) is 141 cm³/mol. The van der Waals surface area contributed by atoms with Crippen molar-refractivity contribution in [2.75, 3.05) is 0 Å². The van der Waals surface area contributed by atoms with Gasteiger partial charge in [0.15, 0.2) is 6.10 Å². The number of hydrogen-bond acceptors (Lipinski definition) is 2. The van der Waals surface area contributed by atoms with Crippen molar-refractivity contribution in [2.24, 2.45) is 0 Å². The van der Waals surface area contributed by atoms with E-state index in [2.05, 4.69) is 54.3 Å². The quantitative estimate of drug-likeness (QED) is 0.206. The molecule has 0 saturated heterocycles. The third-order valence-corrected chi connectivity index (χ3v) is 6.39. The molecule has 5 aromatic carbocycles. The number of carbonyl (C=O) groups is 1. The zero-order chi connectivity index (χ0) is 23.6. The van der Waals surface area contributed by atoms with E-state index in [-0.39, 0.29) is 5.97 Å². The van der Waals surface area contributed by atoms with Crippen LogP contribution in [0.25, 0.3) is 21.9 Å². The number of fused-ring (bicyclic) bond motifs is 2. The monoisotopic (exact) mass is 450 g/mol. The largest absolute Gasteiger partial charge is 0.448 e. The summed E-state index contributed by atoms with van der Waals surface area (Å²) in [5.41, 5.74) is 9.97. The molecular formula is C33H22O2. The van der Waals surface area contributed by atoms with E-state index >= 15 is 0 Å². The van der Waals surface area contributed by atoms with Crippen LogP contribution in [0.1, 0.15) is 38.7 Å². The second kappa shape index (κ2) is 8.95. The third kappa shape index (κ3) is 3.97. The minimum absolute atomic E-state index is 0.315. The van der Waals surface area contributed by atoms with Crippen LogP contribution < -0.4 is 0 Å².